The first-order valence-electron chi connectivity index (χ1n) is 8.04. The Bertz CT molecular complexity index is 906. The summed E-state index contributed by atoms with van der Waals surface area (Å²) >= 11 is 1.24. The molecule has 1 aromatic carbocycles. The molecule has 1 unspecified atom stereocenters. The van der Waals surface area contributed by atoms with Crippen LogP contribution in [-0.4, -0.2) is 20.9 Å². The molecule has 2 aromatic heterocycles. The maximum absolute atomic E-state index is 13.6. The Morgan fingerprint density at radius 1 is 1.12 bits per heavy atom. The van der Waals surface area contributed by atoms with Crippen LogP contribution in [0.25, 0.3) is 0 Å². The van der Waals surface area contributed by atoms with Gasteiger partial charge in [0.25, 0.3) is 0 Å². The molecule has 2 heterocycles. The van der Waals surface area contributed by atoms with Crippen LogP contribution in [0.5, 0.6) is 0 Å². The predicted molar refractivity (Wildman–Crippen MR) is 96.8 cm³/mol. The van der Waals surface area contributed by atoms with Gasteiger partial charge in [0.2, 0.25) is 6.41 Å². The lowest BCUT2D eigenvalue weighted by atomic mass is 9.97. The van der Waals surface area contributed by atoms with Crippen molar-refractivity contribution < 1.29 is 13.6 Å². The van der Waals surface area contributed by atoms with Gasteiger partial charge in [0.05, 0.1) is 5.25 Å². The van der Waals surface area contributed by atoms with E-state index in [0.717, 1.165) is 17.2 Å². The molecule has 1 atom stereocenters. The third-order valence-corrected chi connectivity index (χ3v) is 5.14. The molecule has 3 aromatic rings. The Hall–Kier alpha value is -2.54. The van der Waals surface area contributed by atoms with Gasteiger partial charge in [-0.05, 0) is 35.2 Å². The summed E-state index contributed by atoms with van der Waals surface area (Å²) in [6.07, 6.45) is 7.18. The van der Waals surface area contributed by atoms with Crippen molar-refractivity contribution in [3.05, 3.63) is 77.6 Å². The van der Waals surface area contributed by atoms with Crippen LogP contribution in [0, 0.1) is 11.6 Å². The number of nitrogens with zero attached hydrogens (tertiary/aromatic N) is 3. The number of carbonyl (C=O) groups excluding carboxylic acids is 1. The first-order chi connectivity index (χ1) is 12.5. The first kappa shape index (κ1) is 18.3. The van der Waals surface area contributed by atoms with Gasteiger partial charge in [-0.25, -0.2) is 13.8 Å². The molecule has 0 fully saturated rings. The van der Waals surface area contributed by atoms with Crippen molar-refractivity contribution in [2.75, 3.05) is 0 Å². The van der Waals surface area contributed by atoms with Crippen LogP contribution < -0.4 is 0 Å². The average molecular weight is 373 g/mol. The average Bonchev–Trinajstić information content (AvgIpc) is 3.07. The van der Waals surface area contributed by atoms with Crippen LogP contribution in [0.4, 0.5) is 8.78 Å². The number of pyridine rings is 1. The molecule has 3 rings (SSSR count). The van der Waals surface area contributed by atoms with Crippen LogP contribution in [0.1, 0.15) is 42.0 Å². The van der Waals surface area contributed by atoms with E-state index >= 15 is 0 Å². The molecule has 4 nitrogen and oxygen atoms in total. The quantitative estimate of drug-likeness (QED) is 0.468. The number of carbonyl (C=O) groups is 1. The highest BCUT2D eigenvalue weighted by atomic mass is 32.2. The third-order valence-electron chi connectivity index (χ3n) is 3.93. The molecule has 0 aliphatic carbocycles. The number of aromatic nitrogens is 3. The zero-order valence-electron chi connectivity index (χ0n) is 14.3. The van der Waals surface area contributed by atoms with E-state index < -0.39 is 16.9 Å². The molecule has 26 heavy (non-hydrogen) atoms. The molecule has 0 radical (unpaired) electrons. The van der Waals surface area contributed by atoms with Gasteiger partial charge in [-0.2, -0.15) is 0 Å². The van der Waals surface area contributed by atoms with Gasteiger partial charge >= 0.3 is 0 Å². The van der Waals surface area contributed by atoms with E-state index in [-0.39, 0.29) is 5.92 Å². The lowest BCUT2D eigenvalue weighted by Gasteiger charge is -2.21. The first-order valence-corrected chi connectivity index (χ1v) is 8.92. The van der Waals surface area contributed by atoms with E-state index in [9.17, 15) is 13.6 Å². The Morgan fingerprint density at radius 2 is 1.85 bits per heavy atom. The number of hydrogen-bond donors (Lipinski definition) is 0. The number of benzene rings is 1. The number of imidazole rings is 1. The van der Waals surface area contributed by atoms with Crippen LogP contribution in [-0.2, 0) is 4.79 Å². The van der Waals surface area contributed by atoms with Gasteiger partial charge < -0.3 is 0 Å². The monoisotopic (exact) mass is 373 g/mol. The van der Waals surface area contributed by atoms with Gasteiger partial charge in [-0.1, -0.05) is 13.8 Å². The summed E-state index contributed by atoms with van der Waals surface area (Å²) < 4.78 is 28.6. The van der Waals surface area contributed by atoms with Crippen LogP contribution >= 0.6 is 11.8 Å². The molecular formula is C19H17F2N3OS. The van der Waals surface area contributed by atoms with Gasteiger partial charge in [-0.3, -0.25) is 14.3 Å². The highest BCUT2D eigenvalue weighted by Gasteiger charge is 2.25. The molecule has 0 bridgehead atoms. The summed E-state index contributed by atoms with van der Waals surface area (Å²) in [6, 6.07) is 5.22. The third kappa shape index (κ3) is 3.83. The second-order valence-corrected chi connectivity index (χ2v) is 7.24. The van der Waals surface area contributed by atoms with E-state index in [1.807, 2.05) is 19.9 Å². The van der Waals surface area contributed by atoms with Gasteiger partial charge in [0.15, 0.2) is 0 Å². The number of thioether (sulfide) groups is 1. The molecule has 0 N–H and O–H groups in total. The van der Waals surface area contributed by atoms with E-state index in [4.69, 9.17) is 0 Å². The molecule has 0 aliphatic rings. The lowest BCUT2D eigenvalue weighted by molar-refractivity contribution is 0.545. The molecule has 0 spiro atoms. The number of rotatable bonds is 6. The zero-order valence-corrected chi connectivity index (χ0v) is 15.1. The van der Waals surface area contributed by atoms with E-state index in [1.165, 1.54) is 34.7 Å². The highest BCUT2D eigenvalue weighted by Crippen LogP contribution is 2.42. The minimum atomic E-state index is -0.649. The summed E-state index contributed by atoms with van der Waals surface area (Å²) in [4.78, 5) is 20.3. The highest BCUT2D eigenvalue weighted by molar-refractivity contribution is 7.99. The van der Waals surface area contributed by atoms with E-state index in [0.29, 0.717) is 17.1 Å². The second-order valence-electron chi connectivity index (χ2n) is 6.06. The fraction of sp³-hybridized carbons (Fsp3) is 0.211. The number of halogens is 2. The van der Waals surface area contributed by atoms with Crippen molar-refractivity contribution >= 4 is 18.2 Å². The molecule has 0 saturated carbocycles. The normalized spacial score (nSPS) is 12.3. The molecule has 7 heteroatoms. The van der Waals surface area contributed by atoms with Crippen molar-refractivity contribution in [1.82, 2.24) is 14.5 Å². The Balaban J connectivity index is 2.13. The molecule has 0 aliphatic heterocycles. The van der Waals surface area contributed by atoms with Crippen molar-refractivity contribution in [3.8, 4) is 0 Å². The molecule has 0 saturated heterocycles. The summed E-state index contributed by atoms with van der Waals surface area (Å²) in [6.45, 7) is 4.08. The van der Waals surface area contributed by atoms with Gasteiger partial charge in [0, 0.05) is 35.7 Å². The van der Waals surface area contributed by atoms with Crippen LogP contribution in [0.2, 0.25) is 0 Å². The zero-order chi connectivity index (χ0) is 18.7. The SMILES string of the molecule is CC(C)c1cnccc1C(Sc1cc(F)cc(F)c1)c1nccn1C=O. The molecule has 134 valence electrons. The minimum absolute atomic E-state index is 0.186. The fourth-order valence-corrected chi connectivity index (χ4v) is 4.01. The summed E-state index contributed by atoms with van der Waals surface area (Å²) in [7, 11) is 0. The largest absolute Gasteiger partial charge is 0.278 e. The molecule has 0 amide bonds. The van der Waals surface area contributed by atoms with Crippen molar-refractivity contribution in [3.63, 3.8) is 0 Å². The Morgan fingerprint density at radius 3 is 2.50 bits per heavy atom. The summed E-state index contributed by atoms with van der Waals surface area (Å²) in [5.74, 6) is -0.624. The van der Waals surface area contributed by atoms with Crippen molar-refractivity contribution in [2.24, 2.45) is 0 Å². The maximum Gasteiger partial charge on any atom is 0.219 e. The second kappa shape index (κ2) is 7.78. The van der Waals surface area contributed by atoms with Crippen LogP contribution in [0.15, 0.2) is 53.9 Å². The Kier molecular flexibility index (Phi) is 5.46. The van der Waals surface area contributed by atoms with Crippen LogP contribution in [0.3, 0.4) is 0 Å². The summed E-state index contributed by atoms with van der Waals surface area (Å²) in [5.41, 5.74) is 1.89. The Labute approximate surface area is 154 Å². The standard InChI is InChI=1S/C19H17F2N3OS/c1-12(2)17-10-22-4-3-16(17)18(19-23-5-6-24(19)11-25)26-15-8-13(20)7-14(21)9-15/h3-12,18H,1-2H3. The number of hydrogen-bond acceptors (Lipinski definition) is 4. The smallest absolute Gasteiger partial charge is 0.219 e. The predicted octanol–water partition coefficient (Wildman–Crippen LogP) is 4.60. The van der Waals surface area contributed by atoms with E-state index in [1.54, 1.807) is 18.6 Å². The lowest BCUT2D eigenvalue weighted by Crippen LogP contribution is -2.10. The molecular weight excluding hydrogens is 356 g/mol. The topological polar surface area (TPSA) is 47.8 Å². The van der Waals surface area contributed by atoms with Gasteiger partial charge in [-0.15, -0.1) is 11.8 Å². The van der Waals surface area contributed by atoms with Crippen molar-refractivity contribution in [2.45, 2.75) is 29.9 Å². The fourth-order valence-electron chi connectivity index (χ4n) is 2.74. The van der Waals surface area contributed by atoms with E-state index in [2.05, 4.69) is 9.97 Å². The summed E-state index contributed by atoms with van der Waals surface area (Å²) in [5, 5.41) is -0.420. The minimum Gasteiger partial charge on any atom is -0.278 e. The van der Waals surface area contributed by atoms with Crippen molar-refractivity contribution in [1.29, 1.82) is 0 Å². The van der Waals surface area contributed by atoms with Gasteiger partial charge in [0.1, 0.15) is 17.5 Å². The maximum atomic E-state index is 13.6.